The van der Waals surface area contributed by atoms with Gasteiger partial charge in [0.05, 0.1) is 17.4 Å². The Morgan fingerprint density at radius 2 is 1.16 bits per heavy atom. The highest BCUT2D eigenvalue weighted by Gasteiger charge is 2.63. The largest absolute Gasteiger partial charge is 0.469 e. The molecule has 11 heteroatoms. The Morgan fingerprint density at radius 1 is 0.733 bits per heavy atom. The van der Waals surface area contributed by atoms with Crippen LogP contribution in [0.2, 0.25) is 65.0 Å². The molecule has 2 aliphatic carbocycles. The highest BCUT2D eigenvalue weighted by molar-refractivity contribution is 6.90. The van der Waals surface area contributed by atoms with Crippen LogP contribution >= 0.6 is 0 Å². The third-order valence-corrected chi connectivity index (χ3v) is 22.1. The van der Waals surface area contributed by atoms with Crippen LogP contribution in [0.25, 0.3) is 0 Å². The van der Waals surface area contributed by atoms with E-state index in [2.05, 4.69) is 79.7 Å². The van der Waals surface area contributed by atoms with Gasteiger partial charge in [-0.3, -0.25) is 9.59 Å². The van der Waals surface area contributed by atoms with Crippen molar-refractivity contribution in [2.45, 2.75) is 172 Å². The average molecular weight is 705 g/mol. The maximum Gasteiger partial charge on any atom is 0.469 e. The Bertz CT molecular complexity index is 951. The predicted molar refractivity (Wildman–Crippen MR) is 197 cm³/mol. The minimum atomic E-state index is -2.83. The molecule has 0 aliphatic heterocycles. The van der Waals surface area contributed by atoms with Crippen molar-refractivity contribution < 1.29 is 31.4 Å². The molecule has 3 atom stereocenters. The third-order valence-electron chi connectivity index (χ3n) is 10.1. The second-order valence-electron chi connectivity index (χ2n) is 18.5. The van der Waals surface area contributed by atoms with Gasteiger partial charge < -0.3 is 21.8 Å². The van der Waals surface area contributed by atoms with E-state index in [1.54, 1.807) is 0 Å². The molecule has 0 aromatic carbocycles. The molecule has 0 amide bonds. The Morgan fingerprint density at radius 3 is 1.49 bits per heavy atom. The topological polar surface area (TPSA) is 80.3 Å². The SMILES string of the molecule is CCC(C)(C)C(=O)OC1CC2CCC1(C)C2(C)C.CCC(C)(C)C(=O)OCCC[Si](O[Si](C)(C)C)(O[Si](C)(C)C)O[Si](C)(C)C. The summed E-state index contributed by atoms with van der Waals surface area (Å²) in [5.74, 6) is 0.574. The van der Waals surface area contributed by atoms with Crippen molar-refractivity contribution in [3.8, 4) is 0 Å². The smallest absolute Gasteiger partial charge is 0.465 e. The fourth-order valence-electron chi connectivity index (χ4n) is 6.15. The molecule has 0 saturated heterocycles. The summed E-state index contributed by atoms with van der Waals surface area (Å²) >= 11 is 0. The first-order chi connectivity index (χ1) is 20.0. The number of hydrogen-bond donors (Lipinski definition) is 0. The number of fused-ring (bicyclic) bond motifs is 2. The Balaban J connectivity index is 0.000000483. The van der Waals surface area contributed by atoms with Crippen LogP contribution in [0.1, 0.15) is 101 Å². The molecule has 7 nitrogen and oxygen atoms in total. The zero-order chi connectivity index (χ0) is 35.5. The molecule has 0 spiro atoms. The molecular weight excluding hydrogens is 633 g/mol. The van der Waals surface area contributed by atoms with Crippen molar-refractivity contribution in [3.05, 3.63) is 0 Å². The summed E-state index contributed by atoms with van der Waals surface area (Å²) in [6.07, 6.45) is 6.00. The van der Waals surface area contributed by atoms with E-state index >= 15 is 0 Å². The van der Waals surface area contributed by atoms with Crippen LogP contribution in [0.5, 0.6) is 0 Å². The zero-order valence-electron chi connectivity index (χ0n) is 32.7. The van der Waals surface area contributed by atoms with E-state index < -0.39 is 39.2 Å². The maximum absolute atomic E-state index is 12.3. The van der Waals surface area contributed by atoms with Crippen LogP contribution in [-0.4, -0.2) is 58.4 Å². The lowest BCUT2D eigenvalue weighted by Crippen LogP contribution is -2.60. The van der Waals surface area contributed by atoms with Gasteiger partial charge in [0.1, 0.15) is 6.10 Å². The second-order valence-corrected chi connectivity index (χ2v) is 35.5. The molecule has 266 valence electrons. The molecule has 2 aliphatic rings. The quantitative estimate of drug-likeness (QED) is 0.0954. The molecule has 0 aromatic heterocycles. The minimum absolute atomic E-state index is 0.0143. The van der Waals surface area contributed by atoms with Crippen molar-refractivity contribution in [2.75, 3.05) is 6.61 Å². The lowest BCUT2D eigenvalue weighted by molar-refractivity contribution is -0.167. The van der Waals surface area contributed by atoms with E-state index in [4.69, 9.17) is 21.8 Å². The van der Waals surface area contributed by atoms with E-state index in [9.17, 15) is 9.59 Å². The predicted octanol–water partition coefficient (Wildman–Crippen LogP) is 10.0. The van der Waals surface area contributed by atoms with Gasteiger partial charge in [-0.15, -0.1) is 0 Å². The Kier molecular flexibility index (Phi) is 14.3. The second kappa shape index (κ2) is 15.1. The Hall–Kier alpha value is -0.312. The fourth-order valence-corrected chi connectivity index (χ4v) is 20.8. The summed E-state index contributed by atoms with van der Waals surface area (Å²) in [6, 6.07) is 0.700. The van der Waals surface area contributed by atoms with Crippen LogP contribution in [0.15, 0.2) is 0 Å². The van der Waals surface area contributed by atoms with Gasteiger partial charge in [0.2, 0.25) is 0 Å². The molecule has 0 heterocycles. The highest BCUT2D eigenvalue weighted by Crippen LogP contribution is 2.66. The van der Waals surface area contributed by atoms with E-state index in [0.717, 1.165) is 25.2 Å². The molecule has 3 unspecified atom stereocenters. The number of carbonyl (C=O) groups is 2. The molecule has 0 N–H and O–H groups in total. The molecule has 2 rings (SSSR count). The van der Waals surface area contributed by atoms with Crippen LogP contribution < -0.4 is 0 Å². The van der Waals surface area contributed by atoms with E-state index in [0.29, 0.717) is 24.5 Å². The van der Waals surface area contributed by atoms with E-state index in [-0.39, 0.29) is 28.9 Å². The van der Waals surface area contributed by atoms with Gasteiger partial charge in [-0.25, -0.2) is 0 Å². The van der Waals surface area contributed by atoms with Gasteiger partial charge in [0, 0.05) is 11.5 Å². The molecule has 2 saturated carbocycles. The summed E-state index contributed by atoms with van der Waals surface area (Å²) in [7, 11) is -8.42. The van der Waals surface area contributed by atoms with Crippen LogP contribution in [0.3, 0.4) is 0 Å². The number of esters is 2. The van der Waals surface area contributed by atoms with Crippen molar-refractivity contribution in [3.63, 3.8) is 0 Å². The molecule has 2 fully saturated rings. The Labute approximate surface area is 282 Å². The first kappa shape index (κ1) is 42.7. The lowest BCUT2D eigenvalue weighted by Gasteiger charge is -2.42. The first-order valence-corrected chi connectivity index (χ1v) is 29.6. The fraction of sp³-hybridized carbons (Fsp3) is 0.941. The normalized spacial score (nSPS) is 23.8. The van der Waals surface area contributed by atoms with Gasteiger partial charge in [-0.05, 0) is 136 Å². The van der Waals surface area contributed by atoms with Crippen LogP contribution in [0, 0.1) is 27.6 Å². The molecule has 2 bridgehead atoms. The van der Waals surface area contributed by atoms with E-state index in [1.165, 1.54) is 12.8 Å². The van der Waals surface area contributed by atoms with Gasteiger partial charge in [-0.2, -0.15) is 0 Å². The lowest BCUT2D eigenvalue weighted by atomic mass is 9.70. The summed E-state index contributed by atoms with van der Waals surface area (Å²) in [5.41, 5.74) is -0.291. The third kappa shape index (κ3) is 12.3. The molecular formula is C34H72O7Si4. The van der Waals surface area contributed by atoms with Crippen LogP contribution in [-0.2, 0) is 31.4 Å². The molecule has 45 heavy (non-hydrogen) atoms. The van der Waals surface area contributed by atoms with Gasteiger partial charge in [-0.1, -0.05) is 34.6 Å². The van der Waals surface area contributed by atoms with Gasteiger partial charge in [0.15, 0.2) is 25.0 Å². The van der Waals surface area contributed by atoms with Gasteiger partial charge in [0.25, 0.3) is 0 Å². The van der Waals surface area contributed by atoms with Crippen molar-refractivity contribution in [2.24, 2.45) is 27.6 Å². The zero-order valence-corrected chi connectivity index (χ0v) is 36.7. The highest BCUT2D eigenvalue weighted by atomic mass is 28.5. The van der Waals surface area contributed by atoms with Crippen molar-refractivity contribution >= 4 is 45.7 Å². The van der Waals surface area contributed by atoms with E-state index in [1.807, 2.05) is 41.5 Å². The minimum Gasteiger partial charge on any atom is -0.465 e. The summed E-state index contributed by atoms with van der Waals surface area (Å²) < 4.78 is 31.3. The molecule has 0 radical (unpaired) electrons. The summed E-state index contributed by atoms with van der Waals surface area (Å²) in [4.78, 5) is 24.5. The van der Waals surface area contributed by atoms with Crippen molar-refractivity contribution in [1.82, 2.24) is 0 Å². The molecule has 0 aromatic rings. The summed E-state index contributed by atoms with van der Waals surface area (Å²) in [5, 5.41) is 0. The maximum atomic E-state index is 12.3. The monoisotopic (exact) mass is 704 g/mol. The number of hydrogen-bond acceptors (Lipinski definition) is 7. The number of rotatable bonds is 15. The summed E-state index contributed by atoms with van der Waals surface area (Å²) in [6.45, 7) is 38.9. The van der Waals surface area contributed by atoms with Gasteiger partial charge >= 0.3 is 20.7 Å². The number of carbonyl (C=O) groups excluding carboxylic acids is 2. The first-order valence-electron chi connectivity index (χ1n) is 17.4. The van der Waals surface area contributed by atoms with Crippen LogP contribution in [0.4, 0.5) is 0 Å². The number of ether oxygens (including phenoxy) is 2. The average Bonchev–Trinajstić information content (AvgIpc) is 3.17. The standard InChI is InChI=1S/C18H44O5Si4.C16H28O2/c1-13-18(2,3)17(19)20-15-14-16-27(21-24(4,5)6,22-25(7,8)9)23-26(10,11)12;1-7-14(2,3)13(17)18-12-10-11-8-9-16(12,6)15(11,4)5/h13-16H2,1-12H3;11-12H,7-10H2,1-6H3. The van der Waals surface area contributed by atoms with Crippen molar-refractivity contribution in [1.29, 1.82) is 0 Å².